The van der Waals surface area contributed by atoms with Gasteiger partial charge in [0.1, 0.15) is 0 Å². The third-order valence-electron chi connectivity index (χ3n) is 5.22. The summed E-state index contributed by atoms with van der Waals surface area (Å²) in [6, 6.07) is 9.37. The highest BCUT2D eigenvalue weighted by Gasteiger charge is 2.35. The van der Waals surface area contributed by atoms with Crippen LogP contribution < -0.4 is 0 Å². The zero-order chi connectivity index (χ0) is 14.4. The van der Waals surface area contributed by atoms with E-state index >= 15 is 0 Å². The quantitative estimate of drug-likeness (QED) is 0.767. The second kappa shape index (κ2) is 5.26. The Kier molecular flexibility index (Phi) is 3.39. The highest BCUT2D eigenvalue weighted by atomic mass is 32.1. The molecule has 0 spiro atoms. The molecule has 0 saturated heterocycles. The molecule has 3 aliphatic carbocycles. The van der Waals surface area contributed by atoms with Gasteiger partial charge in [0, 0.05) is 11.2 Å². The Labute approximate surface area is 131 Å². The van der Waals surface area contributed by atoms with Crippen molar-refractivity contribution in [3.63, 3.8) is 0 Å². The molecular formula is C19H23NS. The Morgan fingerprint density at radius 3 is 2.57 bits per heavy atom. The maximum Gasteiger partial charge on any atom is 0.0343 e. The molecule has 0 radical (unpaired) electrons. The molecule has 0 aliphatic heterocycles. The minimum absolute atomic E-state index is 0.807. The van der Waals surface area contributed by atoms with E-state index in [1.807, 2.05) is 11.3 Å². The van der Waals surface area contributed by atoms with E-state index in [-0.39, 0.29) is 0 Å². The largest absolute Gasteiger partial charge is 0.305 e. The molecule has 1 saturated carbocycles. The lowest BCUT2D eigenvalue weighted by atomic mass is 9.65. The smallest absolute Gasteiger partial charge is 0.0343 e. The zero-order valence-electron chi connectivity index (χ0n) is 12.9. The number of likely N-dealkylation sites (N-methyl/N-ethyl adjacent to an activating group) is 1. The van der Waals surface area contributed by atoms with E-state index in [0.717, 1.165) is 18.4 Å². The Bertz CT molecular complexity index is 686. The van der Waals surface area contributed by atoms with Crippen LogP contribution in [0.15, 0.2) is 35.2 Å². The van der Waals surface area contributed by atoms with Crippen molar-refractivity contribution in [2.75, 3.05) is 20.6 Å². The van der Waals surface area contributed by atoms with Gasteiger partial charge in [0.05, 0.1) is 0 Å². The van der Waals surface area contributed by atoms with Gasteiger partial charge in [-0.05, 0) is 97.3 Å². The Hall–Kier alpha value is -1.12. The fourth-order valence-corrected chi connectivity index (χ4v) is 5.09. The number of fused-ring (bicyclic) bond motifs is 3. The summed E-state index contributed by atoms with van der Waals surface area (Å²) in [6.45, 7) is 1.14. The zero-order valence-corrected chi connectivity index (χ0v) is 13.7. The minimum Gasteiger partial charge on any atom is -0.305 e. The molecule has 1 nitrogen and oxygen atoms in total. The Balaban J connectivity index is 1.84. The Morgan fingerprint density at radius 2 is 1.81 bits per heavy atom. The molecule has 2 heteroatoms. The van der Waals surface area contributed by atoms with E-state index < -0.39 is 0 Å². The molecule has 1 heterocycles. The van der Waals surface area contributed by atoms with E-state index in [1.54, 1.807) is 11.1 Å². The lowest BCUT2D eigenvalue weighted by molar-refractivity contribution is 0.299. The molecule has 3 aliphatic rings. The summed E-state index contributed by atoms with van der Waals surface area (Å²) in [6.07, 6.45) is 5.63. The van der Waals surface area contributed by atoms with Crippen molar-refractivity contribution in [3.8, 4) is 0 Å². The van der Waals surface area contributed by atoms with Gasteiger partial charge >= 0.3 is 0 Å². The first-order valence-corrected chi connectivity index (χ1v) is 8.95. The molecule has 0 unspecified atom stereocenters. The average Bonchev–Trinajstić information content (AvgIpc) is 2.95. The third kappa shape index (κ3) is 2.35. The summed E-state index contributed by atoms with van der Waals surface area (Å²) in [4.78, 5) is 2.35. The number of hydrogen-bond acceptors (Lipinski definition) is 2. The molecule has 5 rings (SSSR count). The van der Waals surface area contributed by atoms with Crippen molar-refractivity contribution in [1.82, 2.24) is 4.90 Å². The van der Waals surface area contributed by atoms with Crippen LogP contribution in [0.25, 0.3) is 15.7 Å². The second-order valence-corrected chi connectivity index (χ2v) is 7.85. The summed E-state index contributed by atoms with van der Waals surface area (Å²) in [5, 5.41) is 3.62. The van der Waals surface area contributed by atoms with Crippen molar-refractivity contribution in [1.29, 1.82) is 0 Å². The number of nitrogens with zero attached hydrogens (tertiary/aromatic N) is 1. The van der Waals surface area contributed by atoms with E-state index in [0.29, 0.717) is 0 Å². The third-order valence-corrected chi connectivity index (χ3v) is 6.12. The molecule has 2 aromatic rings. The van der Waals surface area contributed by atoms with Crippen molar-refractivity contribution in [3.05, 3.63) is 40.8 Å². The predicted octanol–water partition coefficient (Wildman–Crippen LogP) is 5.04. The summed E-state index contributed by atoms with van der Waals surface area (Å²) >= 11 is 1.85. The number of rotatable bonds is 3. The summed E-state index contributed by atoms with van der Waals surface area (Å²) in [7, 11) is 4.41. The normalized spacial score (nSPS) is 25.3. The van der Waals surface area contributed by atoms with Crippen LogP contribution >= 0.6 is 11.3 Å². The summed E-state index contributed by atoms with van der Waals surface area (Å²) < 4.78 is 1.41. The van der Waals surface area contributed by atoms with Crippen molar-refractivity contribution < 1.29 is 0 Å². The Morgan fingerprint density at radius 1 is 1.05 bits per heavy atom. The highest BCUT2D eigenvalue weighted by molar-refractivity contribution is 7.17. The molecular weight excluding hydrogens is 274 g/mol. The average molecular weight is 297 g/mol. The molecule has 110 valence electrons. The van der Waals surface area contributed by atoms with Gasteiger partial charge in [-0.3, -0.25) is 0 Å². The molecule has 1 fully saturated rings. The fourth-order valence-electron chi connectivity index (χ4n) is 4.32. The first-order valence-electron chi connectivity index (χ1n) is 8.07. The first kappa shape index (κ1) is 13.5. The number of hydrogen-bond donors (Lipinski definition) is 0. The summed E-state index contributed by atoms with van der Waals surface area (Å²) in [5.41, 5.74) is 4.92. The van der Waals surface area contributed by atoms with E-state index in [4.69, 9.17) is 0 Å². The van der Waals surface area contributed by atoms with Gasteiger partial charge in [0.2, 0.25) is 0 Å². The van der Waals surface area contributed by atoms with Crippen LogP contribution in [0.4, 0.5) is 0 Å². The SMILES string of the molecule is CN(C)CC1=C(c2ccc3sccc3c2)C2CCC1CC2. The molecule has 1 aromatic carbocycles. The number of thiophene rings is 1. The van der Waals surface area contributed by atoms with Crippen LogP contribution in [0, 0.1) is 11.8 Å². The molecule has 0 atom stereocenters. The van der Waals surface area contributed by atoms with Crippen LogP contribution in [0.2, 0.25) is 0 Å². The standard InChI is InChI=1S/C19H23NS/c1-20(2)12-17-13-3-5-14(6-4-13)19(17)16-7-8-18-15(11-16)9-10-21-18/h7-11,13-14H,3-6,12H2,1-2H3. The van der Waals surface area contributed by atoms with Crippen molar-refractivity contribution in [2.24, 2.45) is 11.8 Å². The lowest BCUT2D eigenvalue weighted by Crippen LogP contribution is -2.31. The van der Waals surface area contributed by atoms with Gasteiger partial charge in [-0.1, -0.05) is 6.07 Å². The summed E-state index contributed by atoms with van der Waals surface area (Å²) in [5.74, 6) is 1.65. The van der Waals surface area contributed by atoms with Gasteiger partial charge in [-0.15, -0.1) is 11.3 Å². The molecule has 1 aromatic heterocycles. The maximum atomic E-state index is 2.43. The maximum absolute atomic E-state index is 2.43. The van der Waals surface area contributed by atoms with E-state index in [1.165, 1.54) is 41.3 Å². The first-order chi connectivity index (χ1) is 10.2. The minimum atomic E-state index is 0.807. The van der Waals surface area contributed by atoms with Gasteiger partial charge in [0.25, 0.3) is 0 Å². The van der Waals surface area contributed by atoms with Crippen LogP contribution in [0.5, 0.6) is 0 Å². The topological polar surface area (TPSA) is 3.24 Å². The van der Waals surface area contributed by atoms with Crippen LogP contribution in [0.3, 0.4) is 0 Å². The van der Waals surface area contributed by atoms with Crippen LogP contribution in [-0.4, -0.2) is 25.5 Å². The number of allylic oxidation sites excluding steroid dienone is 1. The fraction of sp³-hybridized carbons (Fsp3) is 0.474. The van der Waals surface area contributed by atoms with Crippen LogP contribution in [-0.2, 0) is 0 Å². The molecule has 21 heavy (non-hydrogen) atoms. The van der Waals surface area contributed by atoms with Gasteiger partial charge in [-0.2, -0.15) is 0 Å². The number of benzene rings is 1. The molecule has 0 N–H and O–H groups in total. The van der Waals surface area contributed by atoms with Crippen LogP contribution in [0.1, 0.15) is 31.2 Å². The monoisotopic (exact) mass is 297 g/mol. The molecule has 2 bridgehead atoms. The van der Waals surface area contributed by atoms with E-state index in [9.17, 15) is 0 Å². The highest BCUT2D eigenvalue weighted by Crippen LogP contribution is 2.49. The predicted molar refractivity (Wildman–Crippen MR) is 92.7 cm³/mol. The van der Waals surface area contributed by atoms with Crippen molar-refractivity contribution in [2.45, 2.75) is 25.7 Å². The van der Waals surface area contributed by atoms with Gasteiger partial charge in [-0.25, -0.2) is 0 Å². The van der Waals surface area contributed by atoms with Gasteiger partial charge in [0.15, 0.2) is 0 Å². The van der Waals surface area contributed by atoms with Crippen molar-refractivity contribution >= 4 is 27.0 Å². The lowest BCUT2D eigenvalue weighted by Gasteiger charge is -2.41. The van der Waals surface area contributed by atoms with E-state index in [2.05, 4.69) is 48.6 Å². The molecule has 0 amide bonds. The second-order valence-electron chi connectivity index (χ2n) is 6.90. The van der Waals surface area contributed by atoms with Gasteiger partial charge < -0.3 is 4.90 Å².